The molecule has 1 rings (SSSR count). The molecule has 7 heteroatoms. The monoisotopic (exact) mass is 263 g/mol. The van der Waals surface area contributed by atoms with Crippen LogP contribution in [0.2, 0.25) is 0 Å². The summed E-state index contributed by atoms with van der Waals surface area (Å²) in [5, 5.41) is 0. The van der Waals surface area contributed by atoms with E-state index in [0.717, 1.165) is 6.92 Å². The molecule has 1 unspecified atom stereocenters. The summed E-state index contributed by atoms with van der Waals surface area (Å²) in [6.07, 6.45) is -5.01. The number of rotatable bonds is 4. The Kier molecular flexibility index (Phi) is 4.66. The molecule has 0 spiro atoms. The molecule has 0 radical (unpaired) electrons. The van der Waals surface area contributed by atoms with Crippen molar-refractivity contribution in [2.75, 3.05) is 7.11 Å². The molecule has 0 amide bonds. The van der Waals surface area contributed by atoms with Crippen molar-refractivity contribution in [1.29, 1.82) is 0 Å². The Bertz CT molecular complexity index is 420. The third-order valence-electron chi connectivity index (χ3n) is 2.23. The minimum Gasteiger partial charge on any atom is -0.465 e. The number of carbonyl (C=O) groups is 1. The number of ether oxygens (including phenoxy) is 2. The van der Waals surface area contributed by atoms with Crippen LogP contribution in [0, 0.1) is 0 Å². The van der Waals surface area contributed by atoms with Crippen LogP contribution in [0.3, 0.4) is 0 Å². The van der Waals surface area contributed by atoms with Gasteiger partial charge in [-0.2, -0.15) is 13.2 Å². The van der Waals surface area contributed by atoms with Gasteiger partial charge in [0, 0.05) is 6.20 Å². The van der Waals surface area contributed by atoms with E-state index in [1.54, 1.807) is 0 Å². The summed E-state index contributed by atoms with van der Waals surface area (Å²) in [7, 11) is 1.18. The van der Waals surface area contributed by atoms with Crippen molar-refractivity contribution < 1.29 is 27.4 Å². The highest BCUT2D eigenvalue weighted by molar-refractivity contribution is 5.90. The second kappa shape index (κ2) is 5.81. The quantitative estimate of drug-likeness (QED) is 0.782. The number of pyridine rings is 1. The van der Waals surface area contributed by atoms with Crippen LogP contribution in [0.4, 0.5) is 13.2 Å². The molecule has 0 fully saturated rings. The molecule has 18 heavy (non-hydrogen) atoms. The van der Waals surface area contributed by atoms with Crippen LogP contribution in [-0.4, -0.2) is 30.3 Å². The van der Waals surface area contributed by atoms with E-state index in [1.165, 1.54) is 25.4 Å². The zero-order chi connectivity index (χ0) is 13.8. The molecule has 0 saturated heterocycles. The zero-order valence-electron chi connectivity index (χ0n) is 9.82. The van der Waals surface area contributed by atoms with Gasteiger partial charge in [0.1, 0.15) is 0 Å². The van der Waals surface area contributed by atoms with Gasteiger partial charge in [0.2, 0.25) is 0 Å². The molecule has 0 aromatic carbocycles. The summed E-state index contributed by atoms with van der Waals surface area (Å²) in [5.41, 5.74) is 0.204. The SMILES string of the molecule is COC(=O)c1cccnc1COC(C)C(F)(F)F. The lowest BCUT2D eigenvalue weighted by molar-refractivity contribution is -0.217. The first-order chi connectivity index (χ1) is 8.36. The van der Waals surface area contributed by atoms with Crippen LogP contribution < -0.4 is 0 Å². The van der Waals surface area contributed by atoms with Gasteiger partial charge in [-0.25, -0.2) is 4.79 Å². The number of methoxy groups -OCH3 is 1. The Morgan fingerprint density at radius 2 is 2.17 bits per heavy atom. The molecule has 0 aliphatic heterocycles. The standard InChI is InChI=1S/C11H12F3NO3/c1-7(11(12,13)14)18-6-9-8(10(16)17-2)4-3-5-15-9/h3-5,7H,6H2,1-2H3. The lowest BCUT2D eigenvalue weighted by Crippen LogP contribution is -2.28. The number of hydrogen-bond donors (Lipinski definition) is 0. The fourth-order valence-electron chi connectivity index (χ4n) is 1.15. The summed E-state index contributed by atoms with van der Waals surface area (Å²) in [6.45, 7) is 0.479. The maximum atomic E-state index is 12.2. The summed E-state index contributed by atoms with van der Waals surface area (Å²) in [6, 6.07) is 2.90. The predicted octanol–water partition coefficient (Wildman–Crippen LogP) is 2.34. The topological polar surface area (TPSA) is 48.4 Å². The minimum absolute atomic E-state index is 0.0920. The number of esters is 1. The highest BCUT2D eigenvalue weighted by Crippen LogP contribution is 2.23. The molecule has 0 saturated carbocycles. The van der Waals surface area contributed by atoms with Gasteiger partial charge in [-0.1, -0.05) is 0 Å². The molecular weight excluding hydrogens is 251 g/mol. The van der Waals surface area contributed by atoms with Gasteiger partial charge in [0.05, 0.1) is 25.0 Å². The van der Waals surface area contributed by atoms with Crippen LogP contribution in [-0.2, 0) is 16.1 Å². The molecular formula is C11H12F3NO3. The Morgan fingerprint density at radius 1 is 1.50 bits per heavy atom. The highest BCUT2D eigenvalue weighted by Gasteiger charge is 2.37. The Hall–Kier alpha value is -1.63. The van der Waals surface area contributed by atoms with Gasteiger partial charge in [-0.05, 0) is 19.1 Å². The average Bonchev–Trinajstić information content (AvgIpc) is 2.34. The molecule has 1 aromatic rings. The fraction of sp³-hybridized carbons (Fsp3) is 0.455. The van der Waals surface area contributed by atoms with Crippen molar-refractivity contribution in [3.05, 3.63) is 29.6 Å². The second-order valence-corrected chi connectivity index (χ2v) is 3.48. The normalized spacial score (nSPS) is 13.2. The maximum absolute atomic E-state index is 12.2. The van der Waals surface area contributed by atoms with E-state index >= 15 is 0 Å². The van der Waals surface area contributed by atoms with Crippen molar-refractivity contribution in [1.82, 2.24) is 4.98 Å². The molecule has 4 nitrogen and oxygen atoms in total. The van der Waals surface area contributed by atoms with Crippen molar-refractivity contribution in [3.8, 4) is 0 Å². The molecule has 0 aliphatic rings. The largest absolute Gasteiger partial charge is 0.465 e. The Balaban J connectivity index is 2.76. The van der Waals surface area contributed by atoms with Gasteiger partial charge < -0.3 is 9.47 Å². The fourth-order valence-corrected chi connectivity index (χ4v) is 1.15. The maximum Gasteiger partial charge on any atom is 0.414 e. The molecule has 1 aromatic heterocycles. The first kappa shape index (κ1) is 14.4. The van der Waals surface area contributed by atoms with Crippen LogP contribution in [0.25, 0.3) is 0 Å². The number of hydrogen-bond acceptors (Lipinski definition) is 4. The second-order valence-electron chi connectivity index (χ2n) is 3.48. The lowest BCUT2D eigenvalue weighted by atomic mass is 10.2. The molecule has 1 heterocycles. The number of nitrogens with zero attached hydrogens (tertiary/aromatic N) is 1. The van der Waals surface area contributed by atoms with E-state index in [4.69, 9.17) is 0 Å². The molecule has 0 aliphatic carbocycles. The minimum atomic E-state index is -4.44. The summed E-state index contributed by atoms with van der Waals surface area (Å²) < 4.78 is 45.8. The van der Waals surface area contributed by atoms with Crippen molar-refractivity contribution in [2.45, 2.75) is 25.8 Å². The van der Waals surface area contributed by atoms with Crippen molar-refractivity contribution in [2.24, 2.45) is 0 Å². The van der Waals surface area contributed by atoms with Crippen LogP contribution in [0.1, 0.15) is 23.0 Å². The van der Waals surface area contributed by atoms with Crippen LogP contribution in [0.5, 0.6) is 0 Å². The van der Waals surface area contributed by atoms with Crippen molar-refractivity contribution in [3.63, 3.8) is 0 Å². The van der Waals surface area contributed by atoms with E-state index < -0.39 is 24.9 Å². The Morgan fingerprint density at radius 3 is 2.72 bits per heavy atom. The first-order valence-corrected chi connectivity index (χ1v) is 5.06. The van der Waals surface area contributed by atoms with E-state index in [9.17, 15) is 18.0 Å². The van der Waals surface area contributed by atoms with Gasteiger partial charge in [-0.3, -0.25) is 4.98 Å². The lowest BCUT2D eigenvalue weighted by Gasteiger charge is -2.16. The summed E-state index contributed by atoms with van der Waals surface area (Å²) >= 11 is 0. The molecule has 100 valence electrons. The van der Waals surface area contributed by atoms with Gasteiger partial charge in [-0.15, -0.1) is 0 Å². The third kappa shape index (κ3) is 3.69. The van der Waals surface area contributed by atoms with Crippen LogP contribution in [0.15, 0.2) is 18.3 Å². The van der Waals surface area contributed by atoms with Gasteiger partial charge >= 0.3 is 12.1 Å². The number of aromatic nitrogens is 1. The van der Waals surface area contributed by atoms with Crippen molar-refractivity contribution >= 4 is 5.97 Å². The molecule has 0 bridgehead atoms. The van der Waals surface area contributed by atoms with E-state index in [2.05, 4.69) is 14.5 Å². The third-order valence-corrected chi connectivity index (χ3v) is 2.23. The zero-order valence-corrected chi connectivity index (χ0v) is 9.82. The molecule has 1 atom stereocenters. The highest BCUT2D eigenvalue weighted by atomic mass is 19.4. The van der Waals surface area contributed by atoms with E-state index in [1.807, 2.05) is 0 Å². The molecule has 0 N–H and O–H groups in total. The van der Waals surface area contributed by atoms with E-state index in [0.29, 0.717) is 0 Å². The Labute approximate surface area is 102 Å². The summed E-state index contributed by atoms with van der Waals surface area (Å²) in [4.78, 5) is 15.1. The number of carbonyl (C=O) groups excluding carboxylic acids is 1. The smallest absolute Gasteiger partial charge is 0.414 e. The number of alkyl halides is 3. The van der Waals surface area contributed by atoms with Gasteiger partial charge in [0.15, 0.2) is 6.10 Å². The van der Waals surface area contributed by atoms with E-state index in [-0.39, 0.29) is 11.3 Å². The average molecular weight is 263 g/mol. The predicted molar refractivity (Wildman–Crippen MR) is 55.9 cm³/mol. The van der Waals surface area contributed by atoms with Crippen LogP contribution >= 0.6 is 0 Å². The first-order valence-electron chi connectivity index (χ1n) is 5.06. The number of halogens is 3. The summed E-state index contributed by atoms with van der Waals surface area (Å²) in [5.74, 6) is -0.665. The van der Waals surface area contributed by atoms with Gasteiger partial charge in [0.25, 0.3) is 0 Å².